The molecule has 130 valence electrons. The van der Waals surface area contributed by atoms with Gasteiger partial charge in [0.1, 0.15) is 5.75 Å². The monoisotopic (exact) mass is 402 g/mol. The summed E-state index contributed by atoms with van der Waals surface area (Å²) in [6, 6.07) is 12.8. The summed E-state index contributed by atoms with van der Waals surface area (Å²) in [6.45, 7) is 0. The Balaban J connectivity index is 2.13. The van der Waals surface area contributed by atoms with Crippen molar-refractivity contribution in [2.24, 2.45) is 0 Å². The fourth-order valence-electron chi connectivity index (χ4n) is 2.23. The van der Waals surface area contributed by atoms with Crippen LogP contribution in [0, 0.1) is 0 Å². The largest absolute Gasteiger partial charge is 0.496 e. The zero-order valence-electron chi connectivity index (χ0n) is 14.0. The molecule has 0 bridgehead atoms. The first-order valence-electron chi connectivity index (χ1n) is 7.64. The Morgan fingerprint density at radius 2 is 1.96 bits per heavy atom. The zero-order chi connectivity index (χ0) is 18.2. The second-order valence-electron chi connectivity index (χ2n) is 5.22. The van der Waals surface area contributed by atoms with E-state index in [9.17, 15) is 9.59 Å². The van der Waals surface area contributed by atoms with Gasteiger partial charge < -0.3 is 15.4 Å². The summed E-state index contributed by atoms with van der Waals surface area (Å²) in [7, 11) is 3.16. The van der Waals surface area contributed by atoms with Crippen molar-refractivity contribution in [1.29, 1.82) is 0 Å². The van der Waals surface area contributed by atoms with E-state index < -0.39 is 0 Å². The molecule has 0 fully saturated rings. The maximum atomic E-state index is 12.2. The third-order valence-electron chi connectivity index (χ3n) is 3.51. The summed E-state index contributed by atoms with van der Waals surface area (Å²) < 4.78 is 6.17. The van der Waals surface area contributed by atoms with Crippen LogP contribution in [0.15, 0.2) is 53.0 Å². The third kappa shape index (κ3) is 5.46. The average molecular weight is 403 g/mol. The summed E-state index contributed by atoms with van der Waals surface area (Å²) in [5, 5.41) is 5.38. The Hall–Kier alpha value is -2.60. The first kappa shape index (κ1) is 18.7. The number of anilines is 1. The lowest BCUT2D eigenvalue weighted by molar-refractivity contribution is -0.120. The molecular formula is C19H19BrN2O3. The van der Waals surface area contributed by atoms with E-state index in [4.69, 9.17) is 4.74 Å². The van der Waals surface area contributed by atoms with E-state index in [1.165, 1.54) is 6.08 Å². The molecular weight excluding hydrogens is 384 g/mol. The van der Waals surface area contributed by atoms with Crippen LogP contribution in [-0.4, -0.2) is 26.0 Å². The molecule has 0 radical (unpaired) electrons. The van der Waals surface area contributed by atoms with Crippen LogP contribution in [-0.2, 0) is 16.0 Å². The van der Waals surface area contributed by atoms with Crippen molar-refractivity contribution in [2.45, 2.75) is 6.42 Å². The summed E-state index contributed by atoms with van der Waals surface area (Å²) >= 11 is 3.40. The molecule has 0 aliphatic heterocycles. The Morgan fingerprint density at radius 3 is 2.68 bits per heavy atom. The van der Waals surface area contributed by atoms with Crippen molar-refractivity contribution in [3.63, 3.8) is 0 Å². The third-order valence-corrected chi connectivity index (χ3v) is 4.00. The number of amides is 2. The summed E-state index contributed by atoms with van der Waals surface area (Å²) in [4.78, 5) is 23.8. The lowest BCUT2D eigenvalue weighted by Gasteiger charge is -2.09. The molecule has 0 aliphatic carbocycles. The summed E-state index contributed by atoms with van der Waals surface area (Å²) in [5.41, 5.74) is 2.15. The van der Waals surface area contributed by atoms with Crippen LogP contribution in [0.3, 0.4) is 0 Å². The van der Waals surface area contributed by atoms with E-state index in [2.05, 4.69) is 26.6 Å². The van der Waals surface area contributed by atoms with Crippen LogP contribution in [0.2, 0.25) is 0 Å². The van der Waals surface area contributed by atoms with Crippen molar-refractivity contribution >= 4 is 39.5 Å². The highest BCUT2D eigenvalue weighted by Gasteiger charge is 2.08. The van der Waals surface area contributed by atoms with Gasteiger partial charge in [0.2, 0.25) is 11.8 Å². The van der Waals surface area contributed by atoms with Crippen LogP contribution in [0.25, 0.3) is 6.08 Å². The molecule has 2 aromatic rings. The van der Waals surface area contributed by atoms with Gasteiger partial charge >= 0.3 is 0 Å². The molecule has 2 rings (SSSR count). The lowest BCUT2D eigenvalue weighted by atomic mass is 10.1. The minimum atomic E-state index is -0.286. The second-order valence-corrected chi connectivity index (χ2v) is 6.13. The molecule has 0 saturated heterocycles. The van der Waals surface area contributed by atoms with Crippen molar-refractivity contribution in [3.8, 4) is 5.75 Å². The van der Waals surface area contributed by atoms with Crippen molar-refractivity contribution in [3.05, 3.63) is 64.1 Å². The van der Waals surface area contributed by atoms with Crippen molar-refractivity contribution < 1.29 is 14.3 Å². The fraction of sp³-hybridized carbons (Fsp3) is 0.158. The summed E-state index contributed by atoms with van der Waals surface area (Å²) in [6.07, 6.45) is 3.32. The molecule has 0 saturated carbocycles. The maximum absolute atomic E-state index is 12.2. The lowest BCUT2D eigenvalue weighted by Crippen LogP contribution is -2.21. The molecule has 5 nitrogen and oxygen atoms in total. The molecule has 0 spiro atoms. The Bertz CT molecular complexity index is 803. The van der Waals surface area contributed by atoms with E-state index in [1.807, 2.05) is 36.4 Å². The van der Waals surface area contributed by atoms with Gasteiger partial charge in [0.05, 0.1) is 13.5 Å². The number of likely N-dealkylation sites (N-methyl/N-ethyl adjacent to an activating group) is 1. The zero-order valence-corrected chi connectivity index (χ0v) is 15.6. The van der Waals surface area contributed by atoms with Gasteiger partial charge in [-0.1, -0.05) is 34.1 Å². The topological polar surface area (TPSA) is 67.4 Å². The maximum Gasteiger partial charge on any atom is 0.248 e. The minimum absolute atomic E-state index is 0.115. The molecule has 0 heterocycles. The SMILES string of the molecule is CNC(=O)Cc1ccccc1NC(=O)/C=C/c1cc(Br)ccc1OC. The van der Waals surface area contributed by atoms with Crippen LogP contribution < -0.4 is 15.4 Å². The van der Waals surface area contributed by atoms with Gasteiger partial charge in [0, 0.05) is 28.8 Å². The number of rotatable bonds is 6. The highest BCUT2D eigenvalue weighted by molar-refractivity contribution is 9.10. The van der Waals surface area contributed by atoms with Gasteiger partial charge in [-0.25, -0.2) is 0 Å². The Labute approximate surface area is 155 Å². The molecule has 0 aliphatic rings. The number of carbonyl (C=O) groups is 2. The molecule has 6 heteroatoms. The van der Waals surface area contributed by atoms with Gasteiger partial charge in [0.15, 0.2) is 0 Å². The number of halogens is 1. The highest BCUT2D eigenvalue weighted by Crippen LogP contribution is 2.24. The van der Waals surface area contributed by atoms with Gasteiger partial charge in [-0.15, -0.1) is 0 Å². The molecule has 2 N–H and O–H groups in total. The van der Waals surface area contributed by atoms with Crippen LogP contribution in [0.1, 0.15) is 11.1 Å². The van der Waals surface area contributed by atoms with Crippen molar-refractivity contribution in [1.82, 2.24) is 5.32 Å². The average Bonchev–Trinajstić information content (AvgIpc) is 2.61. The molecule has 0 aromatic heterocycles. The minimum Gasteiger partial charge on any atom is -0.496 e. The molecule has 0 atom stereocenters. The van der Waals surface area contributed by atoms with E-state index in [0.717, 1.165) is 15.6 Å². The number of benzene rings is 2. The predicted octanol–water partition coefficient (Wildman–Crippen LogP) is 3.40. The molecule has 25 heavy (non-hydrogen) atoms. The number of methoxy groups -OCH3 is 1. The standard InChI is InChI=1S/C19H19BrN2O3/c1-21-19(24)12-13-5-3-4-6-16(13)22-18(23)10-7-14-11-15(20)8-9-17(14)25-2/h3-11H,12H2,1-2H3,(H,21,24)(H,22,23)/b10-7+. The Kier molecular flexibility index (Phi) is 6.77. The first-order valence-corrected chi connectivity index (χ1v) is 8.44. The van der Waals surface area contributed by atoms with E-state index in [1.54, 1.807) is 26.3 Å². The van der Waals surface area contributed by atoms with E-state index in [0.29, 0.717) is 11.4 Å². The number of hydrogen-bond donors (Lipinski definition) is 2. The molecule has 2 aromatic carbocycles. The normalized spacial score (nSPS) is 10.5. The van der Waals surface area contributed by atoms with Crippen LogP contribution in [0.4, 0.5) is 5.69 Å². The number of nitrogens with one attached hydrogen (secondary N) is 2. The van der Waals surface area contributed by atoms with Crippen LogP contribution >= 0.6 is 15.9 Å². The molecule has 2 amide bonds. The van der Waals surface area contributed by atoms with E-state index >= 15 is 0 Å². The first-order chi connectivity index (χ1) is 12.0. The predicted molar refractivity (Wildman–Crippen MR) is 103 cm³/mol. The highest BCUT2D eigenvalue weighted by atomic mass is 79.9. The van der Waals surface area contributed by atoms with Gasteiger partial charge in [0.25, 0.3) is 0 Å². The Morgan fingerprint density at radius 1 is 1.20 bits per heavy atom. The number of carbonyl (C=O) groups excluding carboxylic acids is 2. The smallest absolute Gasteiger partial charge is 0.248 e. The van der Waals surface area contributed by atoms with Gasteiger partial charge in [-0.2, -0.15) is 0 Å². The van der Waals surface area contributed by atoms with E-state index in [-0.39, 0.29) is 18.2 Å². The quantitative estimate of drug-likeness (QED) is 0.727. The molecule has 0 unspecified atom stereocenters. The van der Waals surface area contributed by atoms with Gasteiger partial charge in [-0.05, 0) is 35.9 Å². The van der Waals surface area contributed by atoms with Crippen LogP contribution in [0.5, 0.6) is 5.75 Å². The second kappa shape index (κ2) is 9.03. The number of hydrogen-bond acceptors (Lipinski definition) is 3. The number of ether oxygens (including phenoxy) is 1. The fourth-order valence-corrected chi connectivity index (χ4v) is 2.61. The number of para-hydroxylation sites is 1. The van der Waals surface area contributed by atoms with Gasteiger partial charge in [-0.3, -0.25) is 9.59 Å². The summed E-state index contributed by atoms with van der Waals surface area (Å²) in [5.74, 6) is 0.273. The van der Waals surface area contributed by atoms with Crippen molar-refractivity contribution in [2.75, 3.05) is 19.5 Å².